The summed E-state index contributed by atoms with van der Waals surface area (Å²) in [4.78, 5) is 4.60. The second-order valence-corrected chi connectivity index (χ2v) is 6.56. The lowest BCUT2D eigenvalue weighted by atomic mass is 9.97. The Hall–Kier alpha value is -0.960. The van der Waals surface area contributed by atoms with Crippen molar-refractivity contribution in [2.45, 2.75) is 33.7 Å². The highest BCUT2D eigenvalue weighted by Crippen LogP contribution is 2.27. The van der Waals surface area contributed by atoms with Crippen molar-refractivity contribution in [2.75, 3.05) is 12.3 Å². The fourth-order valence-electron chi connectivity index (χ4n) is 1.82. The summed E-state index contributed by atoms with van der Waals surface area (Å²) in [7, 11) is 0. The van der Waals surface area contributed by atoms with Crippen LogP contribution < -0.4 is 5.32 Å². The summed E-state index contributed by atoms with van der Waals surface area (Å²) in [6.45, 7) is 8.52. The van der Waals surface area contributed by atoms with Crippen molar-refractivity contribution in [3.05, 3.63) is 35.4 Å². The molecule has 18 heavy (non-hydrogen) atoms. The number of aliphatic imine (C=N–C) groups is 1. The van der Waals surface area contributed by atoms with Gasteiger partial charge in [-0.1, -0.05) is 56.8 Å². The lowest BCUT2D eigenvalue weighted by Gasteiger charge is -2.27. The maximum absolute atomic E-state index is 4.60. The first-order chi connectivity index (χ1) is 8.59. The van der Waals surface area contributed by atoms with Gasteiger partial charge in [-0.25, -0.2) is 0 Å². The molecule has 0 atom stereocenters. The third-order valence-electron chi connectivity index (χ3n) is 3.13. The molecule has 1 N–H and O–H groups in total. The summed E-state index contributed by atoms with van der Waals surface area (Å²) in [6.07, 6.45) is 1.10. The maximum atomic E-state index is 4.60. The first kappa shape index (κ1) is 13.5. The van der Waals surface area contributed by atoms with Gasteiger partial charge in [-0.2, -0.15) is 0 Å². The van der Waals surface area contributed by atoms with Crippen LogP contribution in [0.2, 0.25) is 0 Å². The number of rotatable bonds is 3. The van der Waals surface area contributed by atoms with E-state index >= 15 is 0 Å². The maximum Gasteiger partial charge on any atom is 0.156 e. The van der Waals surface area contributed by atoms with Crippen LogP contribution in [0.25, 0.3) is 0 Å². The van der Waals surface area contributed by atoms with Gasteiger partial charge < -0.3 is 5.32 Å². The molecule has 0 amide bonds. The normalized spacial score (nSPS) is 18.3. The van der Waals surface area contributed by atoms with E-state index in [1.165, 1.54) is 11.1 Å². The molecule has 3 heteroatoms. The third kappa shape index (κ3) is 3.77. The van der Waals surface area contributed by atoms with Gasteiger partial charge in [0.05, 0.1) is 0 Å². The van der Waals surface area contributed by atoms with Crippen molar-refractivity contribution in [1.82, 2.24) is 5.32 Å². The standard InChI is InChI=1S/C15H22N2S/c1-4-12-5-7-13(8-6-12)9-16-14-17-10-15(2,3)11-18-14/h5-8H,4,9-11H2,1-3H3,(H,16,17). The molecular weight excluding hydrogens is 240 g/mol. The molecule has 0 fully saturated rings. The van der Waals surface area contributed by atoms with E-state index in [-0.39, 0.29) is 0 Å². The Balaban J connectivity index is 1.86. The van der Waals surface area contributed by atoms with Gasteiger partial charge >= 0.3 is 0 Å². The monoisotopic (exact) mass is 262 g/mol. The predicted molar refractivity (Wildman–Crippen MR) is 81.2 cm³/mol. The number of hydrogen-bond acceptors (Lipinski definition) is 3. The Morgan fingerprint density at radius 3 is 2.44 bits per heavy atom. The molecule has 0 saturated carbocycles. The fraction of sp³-hybridized carbons (Fsp3) is 0.533. The summed E-state index contributed by atoms with van der Waals surface area (Å²) < 4.78 is 0. The van der Waals surface area contributed by atoms with Crippen LogP contribution in [-0.4, -0.2) is 17.5 Å². The number of thioether (sulfide) groups is 1. The van der Waals surface area contributed by atoms with Crippen molar-refractivity contribution in [1.29, 1.82) is 0 Å². The minimum absolute atomic E-state index is 0.346. The smallest absolute Gasteiger partial charge is 0.156 e. The van der Waals surface area contributed by atoms with Crippen LogP contribution in [0.3, 0.4) is 0 Å². The van der Waals surface area contributed by atoms with E-state index in [4.69, 9.17) is 0 Å². The second-order valence-electron chi connectivity index (χ2n) is 5.60. The van der Waals surface area contributed by atoms with Crippen molar-refractivity contribution in [3.63, 3.8) is 0 Å². The van der Waals surface area contributed by atoms with Gasteiger partial charge in [0.15, 0.2) is 5.17 Å². The van der Waals surface area contributed by atoms with Crippen molar-refractivity contribution in [2.24, 2.45) is 10.4 Å². The average molecular weight is 262 g/mol. The van der Waals surface area contributed by atoms with Crippen molar-refractivity contribution < 1.29 is 0 Å². The molecule has 1 aromatic carbocycles. The molecule has 2 rings (SSSR count). The molecule has 1 aromatic rings. The Bertz CT molecular complexity index is 421. The number of benzene rings is 1. The Morgan fingerprint density at radius 1 is 1.22 bits per heavy atom. The van der Waals surface area contributed by atoms with E-state index in [9.17, 15) is 0 Å². The third-order valence-corrected chi connectivity index (χ3v) is 4.60. The summed E-state index contributed by atoms with van der Waals surface area (Å²) >= 11 is 1.84. The molecule has 1 aliphatic heterocycles. The molecule has 0 radical (unpaired) electrons. The van der Waals surface area contributed by atoms with Gasteiger partial charge in [0.25, 0.3) is 0 Å². The zero-order valence-corrected chi connectivity index (χ0v) is 12.3. The van der Waals surface area contributed by atoms with Crippen molar-refractivity contribution in [3.8, 4) is 0 Å². The van der Waals surface area contributed by atoms with E-state index in [1.54, 1.807) is 0 Å². The van der Waals surface area contributed by atoms with Gasteiger partial charge in [-0.3, -0.25) is 4.99 Å². The number of hydrogen-bond donors (Lipinski definition) is 1. The number of aryl methyl sites for hydroxylation is 1. The quantitative estimate of drug-likeness (QED) is 0.902. The van der Waals surface area contributed by atoms with Crippen LogP contribution in [0.1, 0.15) is 31.9 Å². The van der Waals surface area contributed by atoms with Crippen LogP contribution in [0.4, 0.5) is 0 Å². The number of nitrogens with zero attached hydrogens (tertiary/aromatic N) is 1. The number of nitrogens with one attached hydrogen (secondary N) is 1. The molecule has 0 unspecified atom stereocenters. The van der Waals surface area contributed by atoms with Crippen LogP contribution in [0.15, 0.2) is 29.3 Å². The molecule has 0 spiro atoms. The first-order valence-corrected chi connectivity index (χ1v) is 7.56. The summed E-state index contributed by atoms with van der Waals surface area (Å²) in [6, 6.07) is 8.81. The van der Waals surface area contributed by atoms with E-state index in [0.29, 0.717) is 5.41 Å². The highest BCUT2D eigenvalue weighted by atomic mass is 32.2. The van der Waals surface area contributed by atoms with E-state index in [1.807, 2.05) is 11.8 Å². The Labute approximate surface area is 114 Å². The first-order valence-electron chi connectivity index (χ1n) is 6.58. The van der Waals surface area contributed by atoms with Crippen LogP contribution >= 0.6 is 11.8 Å². The van der Waals surface area contributed by atoms with Gasteiger partial charge in [0, 0.05) is 18.8 Å². The Kier molecular flexibility index (Phi) is 4.33. The largest absolute Gasteiger partial charge is 0.361 e. The predicted octanol–water partition coefficient (Wildman–Crippen LogP) is 3.47. The van der Waals surface area contributed by atoms with Gasteiger partial charge in [-0.05, 0) is 23.0 Å². The molecule has 1 aliphatic rings. The minimum Gasteiger partial charge on any atom is -0.361 e. The average Bonchev–Trinajstić information content (AvgIpc) is 2.38. The van der Waals surface area contributed by atoms with E-state index < -0.39 is 0 Å². The zero-order chi connectivity index (χ0) is 13.0. The van der Waals surface area contributed by atoms with Gasteiger partial charge in [0.2, 0.25) is 0 Å². The lowest BCUT2D eigenvalue weighted by Crippen LogP contribution is -2.30. The van der Waals surface area contributed by atoms with E-state index in [2.05, 4.69) is 55.3 Å². The van der Waals surface area contributed by atoms with Crippen LogP contribution in [-0.2, 0) is 13.0 Å². The molecule has 0 bridgehead atoms. The van der Waals surface area contributed by atoms with Crippen LogP contribution in [0, 0.1) is 5.41 Å². The summed E-state index contributed by atoms with van der Waals surface area (Å²) in [5.74, 6) is 1.15. The molecule has 1 heterocycles. The topological polar surface area (TPSA) is 24.4 Å². The molecule has 0 saturated heterocycles. The molecule has 2 nitrogen and oxygen atoms in total. The SMILES string of the molecule is CCc1ccc(CNC2=NCC(C)(C)CS2)cc1. The van der Waals surface area contributed by atoms with Crippen molar-refractivity contribution >= 4 is 16.9 Å². The Morgan fingerprint density at radius 2 is 1.89 bits per heavy atom. The molecule has 0 aliphatic carbocycles. The van der Waals surface area contributed by atoms with Crippen LogP contribution in [0.5, 0.6) is 0 Å². The lowest BCUT2D eigenvalue weighted by molar-refractivity contribution is 0.436. The second kappa shape index (κ2) is 5.79. The highest BCUT2D eigenvalue weighted by Gasteiger charge is 2.23. The number of amidine groups is 1. The summed E-state index contributed by atoms with van der Waals surface area (Å²) in [5, 5.41) is 4.52. The minimum atomic E-state index is 0.346. The summed E-state index contributed by atoms with van der Waals surface area (Å²) in [5.41, 5.74) is 3.06. The highest BCUT2D eigenvalue weighted by molar-refractivity contribution is 8.13. The van der Waals surface area contributed by atoms with E-state index in [0.717, 1.165) is 30.4 Å². The molecular formula is C15H22N2S. The molecule has 0 aromatic heterocycles. The fourth-order valence-corrected chi connectivity index (χ4v) is 2.77. The zero-order valence-electron chi connectivity index (χ0n) is 11.5. The van der Waals surface area contributed by atoms with Gasteiger partial charge in [-0.15, -0.1) is 0 Å². The van der Waals surface area contributed by atoms with Gasteiger partial charge in [0.1, 0.15) is 0 Å². The molecule has 98 valence electrons.